The minimum Gasteiger partial charge on any atom is -0.494 e. The molecule has 1 aliphatic rings. The third-order valence-electron chi connectivity index (χ3n) is 5.32. The number of carbonyl (C=O) groups is 1. The van der Waals surface area contributed by atoms with Crippen LogP contribution in [0.15, 0.2) is 29.3 Å². The van der Waals surface area contributed by atoms with Gasteiger partial charge in [0.05, 0.1) is 12.0 Å². The molecule has 0 unspecified atom stereocenters. The number of rotatable bonds is 9. The molecular formula is C22H36N4O2. The number of benzene rings is 1. The summed E-state index contributed by atoms with van der Waals surface area (Å²) in [6, 6.07) is 8.23. The number of aliphatic imine (C=N–C) groups is 1. The van der Waals surface area contributed by atoms with Crippen LogP contribution in [0.5, 0.6) is 5.75 Å². The lowest BCUT2D eigenvalue weighted by atomic mass is 9.84. The molecule has 1 fully saturated rings. The highest BCUT2D eigenvalue weighted by molar-refractivity contribution is 5.85. The van der Waals surface area contributed by atoms with Gasteiger partial charge >= 0.3 is 0 Å². The first-order chi connectivity index (χ1) is 13.5. The van der Waals surface area contributed by atoms with Crippen molar-refractivity contribution in [2.45, 2.75) is 45.4 Å². The van der Waals surface area contributed by atoms with Crippen molar-refractivity contribution in [2.24, 2.45) is 10.4 Å². The Hall–Kier alpha value is -2.24. The number of ether oxygens (including phenoxy) is 1. The molecule has 2 rings (SSSR count). The van der Waals surface area contributed by atoms with Gasteiger partial charge in [-0.2, -0.15) is 0 Å². The molecule has 0 atom stereocenters. The van der Waals surface area contributed by atoms with Gasteiger partial charge in [0.1, 0.15) is 5.75 Å². The van der Waals surface area contributed by atoms with Gasteiger partial charge < -0.3 is 20.3 Å². The van der Waals surface area contributed by atoms with Crippen LogP contribution in [0.4, 0.5) is 0 Å². The number of nitrogens with zero attached hydrogens (tertiary/aromatic N) is 2. The minimum absolute atomic E-state index is 0.219. The predicted octanol–water partition coefficient (Wildman–Crippen LogP) is 2.83. The Morgan fingerprint density at radius 2 is 2.00 bits per heavy atom. The first-order valence-corrected chi connectivity index (χ1v) is 10.4. The maximum atomic E-state index is 12.7. The molecule has 0 spiro atoms. The summed E-state index contributed by atoms with van der Waals surface area (Å²) in [5.74, 6) is 1.89. The van der Waals surface area contributed by atoms with Crippen LogP contribution in [0.25, 0.3) is 0 Å². The third kappa shape index (κ3) is 6.14. The molecular weight excluding hydrogens is 352 g/mol. The average molecular weight is 389 g/mol. The molecule has 0 bridgehead atoms. The number of hydrogen-bond donors (Lipinski definition) is 2. The lowest BCUT2D eigenvalue weighted by Gasteiger charge is -2.31. The van der Waals surface area contributed by atoms with Crippen LogP contribution in [0, 0.1) is 5.41 Å². The molecule has 0 saturated heterocycles. The van der Waals surface area contributed by atoms with Crippen molar-refractivity contribution in [2.75, 3.05) is 40.8 Å². The minimum atomic E-state index is -0.300. The second-order valence-corrected chi connectivity index (χ2v) is 7.79. The standard InChI is InChI=1S/C22H36N4O2/c1-5-15-28-19-10-8-9-18(16-19)11-14-24-21(23-2)25-17-22(12-6-7-13-22)20(27)26(3)4/h8-10,16H,5-7,11-15,17H2,1-4H3,(H2,23,24,25). The molecule has 0 aliphatic heterocycles. The average Bonchev–Trinajstić information content (AvgIpc) is 3.18. The monoisotopic (exact) mass is 388 g/mol. The van der Waals surface area contributed by atoms with Crippen molar-refractivity contribution in [3.05, 3.63) is 29.8 Å². The van der Waals surface area contributed by atoms with E-state index >= 15 is 0 Å². The van der Waals surface area contributed by atoms with E-state index in [2.05, 4.69) is 34.7 Å². The summed E-state index contributed by atoms with van der Waals surface area (Å²) in [7, 11) is 5.45. The lowest BCUT2D eigenvalue weighted by Crippen LogP contribution is -2.49. The molecule has 28 heavy (non-hydrogen) atoms. The van der Waals surface area contributed by atoms with Crippen molar-refractivity contribution in [3.8, 4) is 5.75 Å². The summed E-state index contributed by atoms with van der Waals surface area (Å²) in [5, 5.41) is 6.74. The predicted molar refractivity (Wildman–Crippen MR) is 115 cm³/mol. The van der Waals surface area contributed by atoms with Crippen LogP contribution in [0.1, 0.15) is 44.6 Å². The Bertz CT molecular complexity index is 652. The van der Waals surface area contributed by atoms with Gasteiger partial charge in [0.15, 0.2) is 5.96 Å². The summed E-state index contributed by atoms with van der Waals surface area (Å²) in [5.41, 5.74) is 0.929. The highest BCUT2D eigenvalue weighted by atomic mass is 16.5. The van der Waals surface area contributed by atoms with Gasteiger partial charge in [-0.05, 0) is 43.4 Å². The highest BCUT2D eigenvalue weighted by Gasteiger charge is 2.42. The number of guanidine groups is 1. The zero-order chi connectivity index (χ0) is 20.4. The van der Waals surface area contributed by atoms with E-state index in [1.54, 1.807) is 11.9 Å². The van der Waals surface area contributed by atoms with Gasteiger partial charge in [0.2, 0.25) is 5.91 Å². The third-order valence-corrected chi connectivity index (χ3v) is 5.32. The molecule has 1 amide bonds. The van der Waals surface area contributed by atoms with Gasteiger partial charge in [-0.1, -0.05) is 31.9 Å². The normalized spacial score (nSPS) is 15.9. The van der Waals surface area contributed by atoms with E-state index in [-0.39, 0.29) is 11.3 Å². The number of carbonyl (C=O) groups excluding carboxylic acids is 1. The zero-order valence-electron chi connectivity index (χ0n) is 17.9. The Kier molecular flexibility index (Phi) is 8.61. The molecule has 1 saturated carbocycles. The number of nitrogens with one attached hydrogen (secondary N) is 2. The van der Waals surface area contributed by atoms with E-state index in [0.29, 0.717) is 6.54 Å². The summed E-state index contributed by atoms with van der Waals surface area (Å²) in [4.78, 5) is 18.7. The number of hydrogen-bond acceptors (Lipinski definition) is 3. The maximum Gasteiger partial charge on any atom is 0.230 e. The topological polar surface area (TPSA) is 66.0 Å². The Morgan fingerprint density at radius 1 is 1.25 bits per heavy atom. The first kappa shape index (κ1) is 22.1. The van der Waals surface area contributed by atoms with Crippen LogP contribution in [0.3, 0.4) is 0 Å². The van der Waals surface area contributed by atoms with Gasteiger partial charge in [-0.3, -0.25) is 9.79 Å². The lowest BCUT2D eigenvalue weighted by molar-refractivity contribution is -0.138. The molecule has 2 N–H and O–H groups in total. The van der Waals surface area contributed by atoms with Crippen LogP contribution in [-0.4, -0.2) is 57.6 Å². The second-order valence-electron chi connectivity index (χ2n) is 7.79. The quantitative estimate of drug-likeness (QED) is 0.504. The van der Waals surface area contributed by atoms with E-state index in [4.69, 9.17) is 4.74 Å². The summed E-state index contributed by atoms with van der Waals surface area (Å²) in [6.45, 7) is 4.25. The van der Waals surface area contributed by atoms with Crippen LogP contribution in [-0.2, 0) is 11.2 Å². The van der Waals surface area contributed by atoms with Gasteiger partial charge in [0, 0.05) is 34.2 Å². The largest absolute Gasteiger partial charge is 0.494 e. The summed E-state index contributed by atoms with van der Waals surface area (Å²) < 4.78 is 5.70. The van der Waals surface area contributed by atoms with Crippen molar-refractivity contribution in [1.29, 1.82) is 0 Å². The van der Waals surface area contributed by atoms with E-state index in [1.807, 2.05) is 26.2 Å². The second kappa shape index (κ2) is 10.9. The van der Waals surface area contributed by atoms with E-state index in [9.17, 15) is 4.79 Å². The molecule has 156 valence electrons. The molecule has 0 heterocycles. The van der Waals surface area contributed by atoms with Crippen LogP contribution in [0.2, 0.25) is 0 Å². The van der Waals surface area contributed by atoms with Gasteiger partial charge in [-0.15, -0.1) is 0 Å². The maximum absolute atomic E-state index is 12.7. The van der Waals surface area contributed by atoms with Crippen molar-refractivity contribution >= 4 is 11.9 Å². The summed E-state index contributed by atoms with van der Waals surface area (Å²) >= 11 is 0. The van der Waals surface area contributed by atoms with Crippen molar-refractivity contribution < 1.29 is 9.53 Å². The van der Waals surface area contributed by atoms with Crippen LogP contribution < -0.4 is 15.4 Å². The fraction of sp³-hybridized carbons (Fsp3) is 0.636. The van der Waals surface area contributed by atoms with E-state index < -0.39 is 0 Å². The Labute approximate surface area is 169 Å². The molecule has 6 heteroatoms. The zero-order valence-corrected chi connectivity index (χ0v) is 17.9. The van der Waals surface area contributed by atoms with E-state index in [0.717, 1.165) is 63.4 Å². The summed E-state index contributed by atoms with van der Waals surface area (Å²) in [6.07, 6.45) is 6.00. The SMILES string of the molecule is CCCOc1cccc(CCNC(=NC)NCC2(C(=O)N(C)C)CCCC2)c1. The highest BCUT2D eigenvalue weighted by Crippen LogP contribution is 2.38. The van der Waals surface area contributed by atoms with Crippen molar-refractivity contribution in [1.82, 2.24) is 15.5 Å². The Morgan fingerprint density at radius 3 is 2.64 bits per heavy atom. The van der Waals surface area contributed by atoms with Crippen molar-refractivity contribution in [3.63, 3.8) is 0 Å². The fourth-order valence-electron chi connectivity index (χ4n) is 3.80. The molecule has 1 aromatic rings. The fourth-order valence-corrected chi connectivity index (χ4v) is 3.80. The molecule has 0 aromatic heterocycles. The molecule has 1 aromatic carbocycles. The Balaban J connectivity index is 1.84. The molecule has 1 aliphatic carbocycles. The number of amides is 1. The first-order valence-electron chi connectivity index (χ1n) is 10.4. The van der Waals surface area contributed by atoms with Gasteiger partial charge in [0.25, 0.3) is 0 Å². The van der Waals surface area contributed by atoms with Gasteiger partial charge in [-0.25, -0.2) is 0 Å². The van der Waals surface area contributed by atoms with E-state index in [1.165, 1.54) is 5.56 Å². The smallest absolute Gasteiger partial charge is 0.230 e. The molecule has 0 radical (unpaired) electrons. The molecule has 6 nitrogen and oxygen atoms in total. The van der Waals surface area contributed by atoms with Crippen LogP contribution >= 0.6 is 0 Å².